The van der Waals surface area contributed by atoms with E-state index in [1.807, 2.05) is 11.8 Å². The molecule has 19 heavy (non-hydrogen) atoms. The smallest absolute Gasteiger partial charge is 0.239 e. The summed E-state index contributed by atoms with van der Waals surface area (Å²) in [5.41, 5.74) is 0. The Morgan fingerprint density at radius 2 is 1.89 bits per heavy atom. The van der Waals surface area contributed by atoms with E-state index in [0.29, 0.717) is 6.42 Å². The van der Waals surface area contributed by atoms with Gasteiger partial charge in [-0.05, 0) is 51.1 Å². The van der Waals surface area contributed by atoms with Crippen LogP contribution in [0.25, 0.3) is 0 Å². The van der Waals surface area contributed by atoms with Gasteiger partial charge in [-0.2, -0.15) is 5.26 Å². The van der Waals surface area contributed by atoms with Crippen LogP contribution in [0.15, 0.2) is 0 Å². The third kappa shape index (κ3) is 3.70. The van der Waals surface area contributed by atoms with Crippen LogP contribution >= 0.6 is 0 Å². The van der Waals surface area contributed by atoms with Gasteiger partial charge in [0.25, 0.3) is 0 Å². The first-order chi connectivity index (χ1) is 9.24. The van der Waals surface area contributed by atoms with E-state index in [1.165, 1.54) is 32.5 Å². The molecular weight excluding hydrogens is 238 g/mol. The maximum atomic E-state index is 12.1. The molecule has 4 heteroatoms. The van der Waals surface area contributed by atoms with E-state index in [-0.39, 0.29) is 5.91 Å². The number of nitriles is 1. The maximum Gasteiger partial charge on any atom is 0.239 e. The summed E-state index contributed by atoms with van der Waals surface area (Å²) in [6.07, 6.45) is 5.52. The van der Waals surface area contributed by atoms with E-state index >= 15 is 0 Å². The van der Waals surface area contributed by atoms with Gasteiger partial charge < -0.3 is 9.80 Å². The lowest BCUT2D eigenvalue weighted by atomic mass is 9.95. The molecule has 0 N–H and O–H groups in total. The second-order valence-corrected chi connectivity index (χ2v) is 5.87. The van der Waals surface area contributed by atoms with Gasteiger partial charge in [0.1, 0.15) is 5.92 Å². The van der Waals surface area contributed by atoms with Crippen molar-refractivity contribution < 1.29 is 4.79 Å². The highest BCUT2D eigenvalue weighted by molar-refractivity contribution is 5.81. The van der Waals surface area contributed by atoms with Gasteiger partial charge in [0.15, 0.2) is 0 Å². The molecule has 2 fully saturated rings. The van der Waals surface area contributed by atoms with Gasteiger partial charge in [0.2, 0.25) is 5.91 Å². The Hall–Kier alpha value is -1.08. The summed E-state index contributed by atoms with van der Waals surface area (Å²) < 4.78 is 0. The van der Waals surface area contributed by atoms with Crippen molar-refractivity contribution >= 4 is 5.91 Å². The fourth-order valence-electron chi connectivity index (χ4n) is 3.21. The molecule has 0 saturated carbocycles. The van der Waals surface area contributed by atoms with Crippen LogP contribution in [0.1, 0.15) is 39.0 Å². The third-order valence-electron chi connectivity index (χ3n) is 4.50. The number of likely N-dealkylation sites (tertiary alicyclic amines) is 2. The summed E-state index contributed by atoms with van der Waals surface area (Å²) >= 11 is 0. The van der Waals surface area contributed by atoms with Crippen molar-refractivity contribution in [2.45, 2.75) is 39.0 Å². The van der Waals surface area contributed by atoms with Gasteiger partial charge in [-0.15, -0.1) is 0 Å². The lowest BCUT2D eigenvalue weighted by Crippen LogP contribution is -2.43. The fourth-order valence-corrected chi connectivity index (χ4v) is 3.21. The Kier molecular flexibility index (Phi) is 5.21. The second-order valence-electron chi connectivity index (χ2n) is 5.87. The Bertz CT molecular complexity index is 336. The van der Waals surface area contributed by atoms with E-state index in [9.17, 15) is 4.79 Å². The summed E-state index contributed by atoms with van der Waals surface area (Å²) in [5.74, 6) is 0.351. The molecule has 0 bridgehead atoms. The van der Waals surface area contributed by atoms with Crippen LogP contribution in [-0.4, -0.2) is 48.4 Å². The molecule has 1 unspecified atom stereocenters. The molecule has 106 valence electrons. The van der Waals surface area contributed by atoms with Gasteiger partial charge in [-0.25, -0.2) is 0 Å². The van der Waals surface area contributed by atoms with E-state index in [4.69, 9.17) is 5.26 Å². The zero-order chi connectivity index (χ0) is 13.7. The summed E-state index contributed by atoms with van der Waals surface area (Å²) in [6.45, 7) is 7.31. The monoisotopic (exact) mass is 263 g/mol. The van der Waals surface area contributed by atoms with Gasteiger partial charge >= 0.3 is 0 Å². The number of amides is 1. The Morgan fingerprint density at radius 3 is 2.42 bits per heavy atom. The van der Waals surface area contributed by atoms with Crippen molar-refractivity contribution in [3.05, 3.63) is 0 Å². The molecule has 0 radical (unpaired) electrons. The highest BCUT2D eigenvalue weighted by atomic mass is 16.2. The van der Waals surface area contributed by atoms with Gasteiger partial charge in [0.05, 0.1) is 6.07 Å². The van der Waals surface area contributed by atoms with E-state index in [0.717, 1.165) is 31.8 Å². The first-order valence-corrected chi connectivity index (χ1v) is 7.65. The van der Waals surface area contributed by atoms with Crippen LogP contribution in [0, 0.1) is 23.2 Å². The fraction of sp³-hybridized carbons (Fsp3) is 0.867. The predicted octanol–water partition coefficient (Wildman–Crippen LogP) is 1.87. The van der Waals surface area contributed by atoms with Crippen LogP contribution < -0.4 is 0 Å². The maximum absolute atomic E-state index is 12.1. The summed E-state index contributed by atoms with van der Waals surface area (Å²) in [7, 11) is 0. The van der Waals surface area contributed by atoms with E-state index in [1.54, 1.807) is 0 Å². The van der Waals surface area contributed by atoms with Gasteiger partial charge in [0, 0.05) is 19.6 Å². The lowest BCUT2D eigenvalue weighted by molar-refractivity contribution is -0.135. The molecule has 2 heterocycles. The molecule has 0 aromatic rings. The molecule has 0 aromatic heterocycles. The molecule has 2 aliphatic rings. The molecule has 0 spiro atoms. The number of carbonyl (C=O) groups excluding carboxylic acids is 1. The highest BCUT2D eigenvalue weighted by Gasteiger charge is 2.28. The lowest BCUT2D eigenvalue weighted by Gasteiger charge is -2.34. The predicted molar refractivity (Wildman–Crippen MR) is 74.4 cm³/mol. The van der Waals surface area contributed by atoms with Crippen molar-refractivity contribution in [2.75, 3.05) is 32.7 Å². The molecule has 1 amide bonds. The van der Waals surface area contributed by atoms with Crippen molar-refractivity contribution in [3.8, 4) is 6.07 Å². The molecule has 2 rings (SSSR count). The largest absolute Gasteiger partial charge is 0.342 e. The van der Waals surface area contributed by atoms with Crippen LogP contribution in [0.2, 0.25) is 0 Å². The average molecular weight is 263 g/mol. The first kappa shape index (κ1) is 14.3. The minimum absolute atomic E-state index is 0.0459. The standard InChI is InChI=1S/C15H25N3O/c1-2-14(11-16)15(19)18-9-5-13(6-10-18)12-17-7-3-4-8-17/h13-14H,2-10,12H2,1H3. The quantitative estimate of drug-likeness (QED) is 0.778. The first-order valence-electron chi connectivity index (χ1n) is 7.65. The minimum atomic E-state index is -0.435. The molecule has 0 aliphatic carbocycles. The second kappa shape index (κ2) is 6.91. The van der Waals surface area contributed by atoms with Crippen molar-refractivity contribution in [2.24, 2.45) is 11.8 Å². The normalized spacial score (nSPS) is 23.3. The SMILES string of the molecule is CCC(C#N)C(=O)N1CCC(CN2CCCC2)CC1. The Morgan fingerprint density at radius 1 is 1.26 bits per heavy atom. The molecule has 1 atom stereocenters. The van der Waals surface area contributed by atoms with Crippen molar-refractivity contribution in [3.63, 3.8) is 0 Å². The van der Waals surface area contributed by atoms with Crippen molar-refractivity contribution in [1.29, 1.82) is 5.26 Å². The average Bonchev–Trinajstić information content (AvgIpc) is 2.94. The number of hydrogen-bond donors (Lipinski definition) is 0. The number of hydrogen-bond acceptors (Lipinski definition) is 3. The zero-order valence-electron chi connectivity index (χ0n) is 12.0. The molecular formula is C15H25N3O. The van der Waals surface area contributed by atoms with Crippen molar-refractivity contribution in [1.82, 2.24) is 9.80 Å². The van der Waals surface area contributed by atoms with Gasteiger partial charge in [-0.3, -0.25) is 4.79 Å². The topological polar surface area (TPSA) is 47.3 Å². The molecule has 2 saturated heterocycles. The highest BCUT2D eigenvalue weighted by Crippen LogP contribution is 2.22. The molecule has 2 aliphatic heterocycles. The third-order valence-corrected chi connectivity index (χ3v) is 4.50. The molecule has 4 nitrogen and oxygen atoms in total. The summed E-state index contributed by atoms with van der Waals surface area (Å²) in [4.78, 5) is 16.6. The zero-order valence-corrected chi connectivity index (χ0v) is 12.0. The van der Waals surface area contributed by atoms with Crippen LogP contribution in [-0.2, 0) is 4.79 Å². The number of nitrogens with zero attached hydrogens (tertiary/aromatic N) is 3. The number of rotatable bonds is 4. The minimum Gasteiger partial charge on any atom is -0.342 e. The van der Waals surface area contributed by atoms with Crippen LogP contribution in [0.5, 0.6) is 0 Å². The molecule has 0 aromatic carbocycles. The van der Waals surface area contributed by atoms with Crippen LogP contribution in [0.3, 0.4) is 0 Å². The van der Waals surface area contributed by atoms with Crippen LogP contribution in [0.4, 0.5) is 0 Å². The number of piperidine rings is 1. The Labute approximate surface area is 116 Å². The number of carbonyl (C=O) groups is 1. The van der Waals surface area contributed by atoms with E-state index in [2.05, 4.69) is 11.0 Å². The Balaban J connectivity index is 1.75. The summed E-state index contributed by atoms with van der Waals surface area (Å²) in [6, 6.07) is 2.12. The summed E-state index contributed by atoms with van der Waals surface area (Å²) in [5, 5.41) is 8.96. The van der Waals surface area contributed by atoms with E-state index < -0.39 is 5.92 Å². The van der Waals surface area contributed by atoms with Gasteiger partial charge in [-0.1, -0.05) is 6.92 Å².